The number of unbranched alkanes of at least 4 members (excludes halogenated alkanes) is 4. The molecule has 0 unspecified atom stereocenters. The van der Waals surface area contributed by atoms with Gasteiger partial charge in [0, 0.05) is 6.42 Å². The van der Waals surface area contributed by atoms with Gasteiger partial charge in [0.25, 0.3) is 0 Å². The topological polar surface area (TPSA) is 35.5 Å². The maximum absolute atomic E-state index is 11.0. The van der Waals surface area contributed by atoms with Crippen LogP contribution in [0.25, 0.3) is 0 Å². The second-order valence-corrected chi connectivity index (χ2v) is 12.1. The van der Waals surface area contributed by atoms with Crippen LogP contribution in [-0.4, -0.2) is 27.5 Å². The van der Waals surface area contributed by atoms with Gasteiger partial charge in [-0.05, 0) is 51.7 Å². The average Bonchev–Trinajstić information content (AvgIpc) is 2.58. The third-order valence-electron chi connectivity index (χ3n) is 3.84. The number of hydrogen-bond donors (Lipinski definition) is 0. The van der Waals surface area contributed by atoms with Crippen LogP contribution in [-0.2, 0) is 14.0 Å². The van der Waals surface area contributed by atoms with Gasteiger partial charge in [-0.25, -0.2) is 0 Å². The summed E-state index contributed by atoms with van der Waals surface area (Å²) in [5.41, 5.74) is 0. The van der Waals surface area contributed by atoms with Gasteiger partial charge in [0.1, 0.15) is 0 Å². The zero-order valence-corrected chi connectivity index (χ0v) is 18.6. The molecule has 0 aromatic rings. The molecule has 4 heteroatoms. The molecule has 3 nitrogen and oxygen atoms in total. The number of carbonyl (C=O) groups excluding carboxylic acids is 1. The zero-order valence-electron chi connectivity index (χ0n) is 17.6. The Hall–Kier alpha value is -1.13. The van der Waals surface area contributed by atoms with Crippen LogP contribution in [0.4, 0.5) is 0 Å². The summed E-state index contributed by atoms with van der Waals surface area (Å²) in [7, 11) is -0.0648. The second-order valence-electron chi connectivity index (χ2n) is 7.61. The highest BCUT2D eigenvalue weighted by atomic mass is 28.4. The fourth-order valence-electron chi connectivity index (χ4n) is 2.52. The van der Waals surface area contributed by atoms with Gasteiger partial charge < -0.3 is 9.16 Å². The van der Waals surface area contributed by atoms with Crippen molar-refractivity contribution in [2.75, 3.05) is 7.11 Å². The van der Waals surface area contributed by atoms with E-state index in [9.17, 15) is 4.79 Å². The van der Waals surface area contributed by atoms with Crippen LogP contribution in [0.15, 0.2) is 36.5 Å². The van der Waals surface area contributed by atoms with Crippen molar-refractivity contribution in [3.63, 3.8) is 0 Å². The Kier molecular flexibility index (Phi) is 15.4. The number of methoxy groups -OCH3 is 1. The highest BCUT2D eigenvalue weighted by molar-refractivity contribution is 6.69. The molecule has 0 amide bonds. The van der Waals surface area contributed by atoms with Crippen molar-refractivity contribution < 1.29 is 14.0 Å². The van der Waals surface area contributed by atoms with Crippen molar-refractivity contribution in [2.45, 2.75) is 90.5 Å². The van der Waals surface area contributed by atoms with Crippen molar-refractivity contribution in [3.05, 3.63) is 36.5 Å². The lowest BCUT2D eigenvalue weighted by Crippen LogP contribution is -2.31. The Labute approximate surface area is 162 Å². The predicted molar refractivity (Wildman–Crippen MR) is 115 cm³/mol. The molecule has 0 aliphatic rings. The molecule has 0 aromatic heterocycles. The summed E-state index contributed by atoms with van der Waals surface area (Å²) >= 11 is 0. The van der Waals surface area contributed by atoms with E-state index >= 15 is 0 Å². The number of hydrogen-bond acceptors (Lipinski definition) is 3. The van der Waals surface area contributed by atoms with E-state index in [1.54, 1.807) is 0 Å². The van der Waals surface area contributed by atoms with Crippen LogP contribution in [0.3, 0.4) is 0 Å². The molecular formula is C22H40O3Si. The molecular weight excluding hydrogens is 340 g/mol. The van der Waals surface area contributed by atoms with Crippen molar-refractivity contribution >= 4 is 14.3 Å². The Morgan fingerprint density at radius 2 is 1.77 bits per heavy atom. The summed E-state index contributed by atoms with van der Waals surface area (Å²) in [6, 6.07) is 0. The number of allylic oxidation sites excluding steroid dienone is 5. The quantitative estimate of drug-likeness (QED) is 0.106. The maximum atomic E-state index is 11.0. The minimum absolute atomic E-state index is 0.116. The van der Waals surface area contributed by atoms with Crippen molar-refractivity contribution in [2.24, 2.45) is 0 Å². The first kappa shape index (κ1) is 24.9. The van der Waals surface area contributed by atoms with E-state index in [-0.39, 0.29) is 12.1 Å². The normalized spacial score (nSPS) is 13.9. The summed E-state index contributed by atoms with van der Waals surface area (Å²) in [5, 5.41) is 0. The van der Waals surface area contributed by atoms with Gasteiger partial charge in [0.2, 0.25) is 0 Å². The third-order valence-corrected chi connectivity index (χ3v) is 4.85. The van der Waals surface area contributed by atoms with E-state index in [1.807, 2.05) is 0 Å². The second kappa shape index (κ2) is 16.1. The van der Waals surface area contributed by atoms with Crippen molar-refractivity contribution in [3.8, 4) is 0 Å². The van der Waals surface area contributed by atoms with Gasteiger partial charge in [-0.1, -0.05) is 62.6 Å². The summed E-state index contributed by atoms with van der Waals surface area (Å²) in [6.07, 6.45) is 22.5. The molecule has 0 saturated heterocycles. The van der Waals surface area contributed by atoms with Crippen LogP contribution in [0.2, 0.25) is 19.6 Å². The minimum Gasteiger partial charge on any atom is -0.469 e. The molecule has 0 radical (unpaired) electrons. The van der Waals surface area contributed by atoms with E-state index in [0.717, 1.165) is 32.1 Å². The average molecular weight is 381 g/mol. The van der Waals surface area contributed by atoms with E-state index in [1.165, 1.54) is 26.4 Å². The summed E-state index contributed by atoms with van der Waals surface area (Å²) < 4.78 is 10.9. The summed E-state index contributed by atoms with van der Waals surface area (Å²) in [6.45, 7) is 8.98. The molecule has 26 heavy (non-hydrogen) atoms. The maximum Gasteiger partial charge on any atom is 0.305 e. The highest BCUT2D eigenvalue weighted by Gasteiger charge is 2.18. The molecule has 0 fully saturated rings. The SMILES string of the molecule is CCCCC[C@@H](/C=C/C=C\C/C=C\CCCCC(=O)OC)O[Si](C)(C)C. The molecule has 0 aliphatic heterocycles. The summed E-state index contributed by atoms with van der Waals surface area (Å²) in [4.78, 5) is 11.0. The third kappa shape index (κ3) is 17.7. The van der Waals surface area contributed by atoms with E-state index in [0.29, 0.717) is 6.42 Å². The Balaban J connectivity index is 4.01. The lowest BCUT2D eigenvalue weighted by Gasteiger charge is -2.24. The number of ether oxygens (including phenoxy) is 1. The Morgan fingerprint density at radius 3 is 2.42 bits per heavy atom. The molecule has 0 N–H and O–H groups in total. The van der Waals surface area contributed by atoms with Crippen molar-refractivity contribution in [1.29, 1.82) is 0 Å². The van der Waals surface area contributed by atoms with Crippen LogP contribution in [0.5, 0.6) is 0 Å². The largest absolute Gasteiger partial charge is 0.469 e. The first-order valence-electron chi connectivity index (χ1n) is 10.1. The van der Waals surface area contributed by atoms with Gasteiger partial charge in [0.05, 0.1) is 13.2 Å². The van der Waals surface area contributed by atoms with Crippen LogP contribution in [0, 0.1) is 0 Å². The molecule has 0 rings (SSSR count). The highest BCUT2D eigenvalue weighted by Crippen LogP contribution is 2.14. The fourth-order valence-corrected chi connectivity index (χ4v) is 3.62. The number of carbonyl (C=O) groups is 1. The number of esters is 1. The standard InChI is InChI=1S/C22H40O3Si/c1-6-7-15-18-21(25-26(3,4)5)19-16-13-11-9-8-10-12-14-17-20-22(23)24-2/h8,10-11,13,16,19,21H,6-7,9,12,14-15,17-18,20H2,1-5H3/b10-8-,13-11-,19-16+/t21-/m0/s1. The Bertz CT molecular complexity index is 433. The zero-order chi connectivity index (χ0) is 19.7. The van der Waals surface area contributed by atoms with E-state index < -0.39 is 8.32 Å². The van der Waals surface area contributed by atoms with Crippen LogP contribution >= 0.6 is 0 Å². The monoisotopic (exact) mass is 380 g/mol. The smallest absolute Gasteiger partial charge is 0.305 e. The molecule has 0 aliphatic carbocycles. The Morgan fingerprint density at radius 1 is 1.00 bits per heavy atom. The molecule has 1 atom stereocenters. The van der Waals surface area contributed by atoms with Crippen LogP contribution in [0.1, 0.15) is 64.7 Å². The fraction of sp³-hybridized carbons (Fsp3) is 0.682. The van der Waals surface area contributed by atoms with Crippen LogP contribution < -0.4 is 0 Å². The molecule has 0 spiro atoms. The lowest BCUT2D eigenvalue weighted by atomic mass is 10.1. The predicted octanol–water partition coefficient (Wildman–Crippen LogP) is 6.58. The van der Waals surface area contributed by atoms with E-state index in [4.69, 9.17) is 4.43 Å². The molecule has 0 bridgehead atoms. The molecule has 150 valence electrons. The summed E-state index contributed by atoms with van der Waals surface area (Å²) in [5.74, 6) is -0.116. The molecule has 0 heterocycles. The van der Waals surface area contributed by atoms with Gasteiger partial charge >= 0.3 is 5.97 Å². The molecule has 0 aromatic carbocycles. The number of rotatable bonds is 15. The minimum atomic E-state index is -1.50. The van der Waals surface area contributed by atoms with Gasteiger partial charge in [-0.3, -0.25) is 4.79 Å². The first-order valence-corrected chi connectivity index (χ1v) is 13.5. The first-order chi connectivity index (χ1) is 12.4. The van der Waals surface area contributed by atoms with Gasteiger partial charge in [-0.15, -0.1) is 0 Å². The van der Waals surface area contributed by atoms with Gasteiger partial charge in [0.15, 0.2) is 8.32 Å². The van der Waals surface area contributed by atoms with E-state index in [2.05, 4.69) is 67.8 Å². The van der Waals surface area contributed by atoms with Gasteiger partial charge in [-0.2, -0.15) is 0 Å². The van der Waals surface area contributed by atoms with Crippen molar-refractivity contribution in [1.82, 2.24) is 0 Å². The molecule has 0 saturated carbocycles. The lowest BCUT2D eigenvalue weighted by molar-refractivity contribution is -0.140.